The largest absolute Gasteiger partial charge is 0.452 e. The van der Waals surface area contributed by atoms with E-state index in [0.29, 0.717) is 16.7 Å². The summed E-state index contributed by atoms with van der Waals surface area (Å²) in [6, 6.07) is 9.68. The molecule has 0 heterocycles. The van der Waals surface area contributed by atoms with Crippen molar-refractivity contribution in [1.82, 2.24) is 0 Å². The van der Waals surface area contributed by atoms with Gasteiger partial charge in [0.05, 0.1) is 10.6 Å². The molecule has 142 valence electrons. The fourth-order valence-corrected chi connectivity index (χ4v) is 2.39. The summed E-state index contributed by atoms with van der Waals surface area (Å²) in [5, 5.41) is 2.14. The van der Waals surface area contributed by atoms with Crippen LogP contribution in [-0.2, 0) is 20.5 Å². The molecule has 0 aliphatic carbocycles. The third-order valence-electron chi connectivity index (χ3n) is 3.21. The van der Waals surface area contributed by atoms with Crippen molar-refractivity contribution < 1.29 is 27.5 Å². The lowest BCUT2D eigenvalue weighted by atomic mass is 10.2. The number of amides is 1. The van der Waals surface area contributed by atoms with Crippen LogP contribution in [0.15, 0.2) is 48.5 Å². The van der Waals surface area contributed by atoms with E-state index < -0.39 is 35.2 Å². The molecular weight excluding hydrogens is 406 g/mol. The Morgan fingerprint density at radius 2 is 1.78 bits per heavy atom. The summed E-state index contributed by atoms with van der Waals surface area (Å²) in [5.41, 5.74) is -0.623. The summed E-state index contributed by atoms with van der Waals surface area (Å²) in [6.45, 7) is -0.671. The molecule has 0 bridgehead atoms. The molecular formula is C18H12Cl2F3NO3. The van der Waals surface area contributed by atoms with E-state index >= 15 is 0 Å². The fourth-order valence-electron chi connectivity index (χ4n) is 1.97. The SMILES string of the molecule is O=C(COC(=O)/C=C/c1ccccc1Cl)Nc1ccc(Cl)c(C(F)(F)F)c1. The van der Waals surface area contributed by atoms with Crippen molar-refractivity contribution in [2.24, 2.45) is 0 Å². The zero-order chi connectivity index (χ0) is 20.0. The first-order valence-electron chi connectivity index (χ1n) is 7.43. The summed E-state index contributed by atoms with van der Waals surface area (Å²) in [5.74, 6) is -1.61. The molecule has 0 saturated carbocycles. The Balaban J connectivity index is 1.91. The average Bonchev–Trinajstić information content (AvgIpc) is 2.60. The zero-order valence-corrected chi connectivity index (χ0v) is 15.0. The van der Waals surface area contributed by atoms with Gasteiger partial charge in [-0.25, -0.2) is 4.79 Å². The number of rotatable bonds is 5. The molecule has 1 N–H and O–H groups in total. The van der Waals surface area contributed by atoms with Gasteiger partial charge in [0.15, 0.2) is 6.61 Å². The van der Waals surface area contributed by atoms with Gasteiger partial charge in [-0.3, -0.25) is 4.79 Å². The van der Waals surface area contributed by atoms with E-state index in [1.807, 2.05) is 0 Å². The number of anilines is 1. The number of alkyl halides is 3. The minimum Gasteiger partial charge on any atom is -0.452 e. The van der Waals surface area contributed by atoms with E-state index in [-0.39, 0.29) is 5.69 Å². The van der Waals surface area contributed by atoms with Gasteiger partial charge in [0, 0.05) is 16.8 Å². The number of halogens is 5. The molecule has 0 radical (unpaired) electrons. The van der Waals surface area contributed by atoms with Gasteiger partial charge in [-0.05, 0) is 35.9 Å². The third-order valence-corrected chi connectivity index (χ3v) is 3.88. The topological polar surface area (TPSA) is 55.4 Å². The van der Waals surface area contributed by atoms with Crippen molar-refractivity contribution in [3.63, 3.8) is 0 Å². The monoisotopic (exact) mass is 417 g/mol. The first-order chi connectivity index (χ1) is 12.7. The molecule has 0 spiro atoms. The van der Waals surface area contributed by atoms with Crippen LogP contribution in [0.1, 0.15) is 11.1 Å². The first kappa shape index (κ1) is 20.8. The molecule has 9 heteroatoms. The van der Waals surface area contributed by atoms with Gasteiger partial charge in [-0.2, -0.15) is 13.2 Å². The summed E-state index contributed by atoms with van der Waals surface area (Å²) in [7, 11) is 0. The van der Waals surface area contributed by atoms with Gasteiger partial charge in [-0.1, -0.05) is 41.4 Å². The van der Waals surface area contributed by atoms with Crippen molar-refractivity contribution in [2.75, 3.05) is 11.9 Å². The minimum atomic E-state index is -4.66. The van der Waals surface area contributed by atoms with Crippen molar-refractivity contribution in [2.45, 2.75) is 6.18 Å². The van der Waals surface area contributed by atoms with Crippen LogP contribution in [-0.4, -0.2) is 18.5 Å². The highest BCUT2D eigenvalue weighted by Gasteiger charge is 2.33. The number of carbonyl (C=O) groups is 2. The van der Waals surface area contributed by atoms with E-state index in [9.17, 15) is 22.8 Å². The molecule has 2 aromatic rings. The fraction of sp³-hybridized carbons (Fsp3) is 0.111. The predicted octanol–water partition coefficient (Wildman–Crippen LogP) is 5.21. The second-order valence-corrected chi connectivity index (χ2v) is 6.02. The molecule has 0 atom stereocenters. The molecule has 0 aliphatic heterocycles. The normalized spacial score (nSPS) is 11.4. The number of hydrogen-bond donors (Lipinski definition) is 1. The molecule has 0 aliphatic rings. The number of carbonyl (C=O) groups excluding carboxylic acids is 2. The van der Waals surface area contributed by atoms with Gasteiger partial charge < -0.3 is 10.1 Å². The number of esters is 1. The highest BCUT2D eigenvalue weighted by Crippen LogP contribution is 2.36. The summed E-state index contributed by atoms with van der Waals surface area (Å²) in [6.07, 6.45) is -2.16. The number of benzene rings is 2. The van der Waals surface area contributed by atoms with Crippen LogP contribution in [0.2, 0.25) is 10.0 Å². The van der Waals surface area contributed by atoms with Gasteiger partial charge in [0.25, 0.3) is 5.91 Å². The molecule has 0 saturated heterocycles. The molecule has 0 unspecified atom stereocenters. The van der Waals surface area contributed by atoms with Crippen molar-refractivity contribution in [3.8, 4) is 0 Å². The Bertz CT molecular complexity index is 882. The van der Waals surface area contributed by atoms with Crippen LogP contribution in [0.4, 0.5) is 18.9 Å². The summed E-state index contributed by atoms with van der Waals surface area (Å²) >= 11 is 11.4. The maximum absolute atomic E-state index is 12.8. The smallest absolute Gasteiger partial charge is 0.417 e. The standard InChI is InChI=1S/C18H12Cl2F3NO3/c19-14-4-2-1-3-11(14)5-8-17(26)27-10-16(25)24-12-6-7-15(20)13(9-12)18(21,22)23/h1-9H,10H2,(H,24,25)/b8-5+. The average molecular weight is 418 g/mol. The highest BCUT2D eigenvalue weighted by molar-refractivity contribution is 6.32. The van der Waals surface area contributed by atoms with E-state index in [2.05, 4.69) is 5.32 Å². The number of hydrogen-bond acceptors (Lipinski definition) is 3. The molecule has 4 nitrogen and oxygen atoms in total. The zero-order valence-electron chi connectivity index (χ0n) is 13.5. The molecule has 2 rings (SSSR count). The van der Waals surface area contributed by atoms with Crippen LogP contribution in [0.3, 0.4) is 0 Å². The van der Waals surface area contributed by atoms with Crippen LogP contribution in [0.5, 0.6) is 0 Å². The number of nitrogens with one attached hydrogen (secondary N) is 1. The van der Waals surface area contributed by atoms with Gasteiger partial charge >= 0.3 is 12.1 Å². The summed E-state index contributed by atoms with van der Waals surface area (Å²) in [4.78, 5) is 23.4. The maximum atomic E-state index is 12.8. The van der Waals surface area contributed by atoms with Crippen molar-refractivity contribution >= 4 is 46.8 Å². The van der Waals surface area contributed by atoms with Crippen LogP contribution in [0, 0.1) is 0 Å². The van der Waals surface area contributed by atoms with Gasteiger partial charge in [0.2, 0.25) is 0 Å². The molecule has 1 amide bonds. The Labute approximate surface area is 162 Å². The maximum Gasteiger partial charge on any atom is 0.417 e. The molecule has 27 heavy (non-hydrogen) atoms. The third kappa shape index (κ3) is 6.30. The van der Waals surface area contributed by atoms with Crippen LogP contribution >= 0.6 is 23.2 Å². The number of ether oxygens (including phenoxy) is 1. The Hall–Kier alpha value is -2.51. The molecule has 0 fully saturated rings. The lowest BCUT2D eigenvalue weighted by Crippen LogP contribution is -2.20. The predicted molar refractivity (Wildman–Crippen MR) is 96.5 cm³/mol. The Kier molecular flexibility index (Phi) is 6.87. The second-order valence-electron chi connectivity index (χ2n) is 5.20. The molecule has 2 aromatic carbocycles. The van der Waals surface area contributed by atoms with Crippen molar-refractivity contribution in [1.29, 1.82) is 0 Å². The minimum absolute atomic E-state index is 0.126. The van der Waals surface area contributed by atoms with Crippen LogP contribution < -0.4 is 5.32 Å². The Morgan fingerprint density at radius 1 is 1.07 bits per heavy atom. The second kappa shape index (κ2) is 8.92. The first-order valence-corrected chi connectivity index (χ1v) is 8.18. The van der Waals surface area contributed by atoms with Gasteiger partial charge in [0.1, 0.15) is 0 Å². The Morgan fingerprint density at radius 3 is 2.44 bits per heavy atom. The lowest BCUT2D eigenvalue weighted by molar-refractivity contribution is -0.142. The quantitative estimate of drug-likeness (QED) is 0.536. The lowest BCUT2D eigenvalue weighted by Gasteiger charge is -2.11. The van der Waals surface area contributed by atoms with Gasteiger partial charge in [-0.15, -0.1) is 0 Å². The van der Waals surface area contributed by atoms with E-state index in [1.165, 1.54) is 12.1 Å². The van der Waals surface area contributed by atoms with Crippen molar-refractivity contribution in [3.05, 3.63) is 69.7 Å². The highest BCUT2D eigenvalue weighted by atomic mass is 35.5. The van der Waals surface area contributed by atoms with E-state index in [0.717, 1.165) is 12.1 Å². The van der Waals surface area contributed by atoms with E-state index in [1.54, 1.807) is 24.3 Å². The van der Waals surface area contributed by atoms with Crippen LogP contribution in [0.25, 0.3) is 6.08 Å². The summed E-state index contributed by atoms with van der Waals surface area (Å²) < 4.78 is 43.1. The van der Waals surface area contributed by atoms with E-state index in [4.69, 9.17) is 27.9 Å². The molecule has 0 aromatic heterocycles.